The summed E-state index contributed by atoms with van der Waals surface area (Å²) in [6.45, 7) is 1.81. The fourth-order valence-electron chi connectivity index (χ4n) is 2.12. The Morgan fingerprint density at radius 2 is 2.16 bits per heavy atom. The summed E-state index contributed by atoms with van der Waals surface area (Å²) in [7, 11) is 0. The van der Waals surface area contributed by atoms with E-state index in [0.29, 0.717) is 19.8 Å². The molecule has 2 aliphatic heterocycles. The van der Waals surface area contributed by atoms with Crippen LogP contribution in [0.1, 0.15) is 18.4 Å². The van der Waals surface area contributed by atoms with Gasteiger partial charge in [0.15, 0.2) is 11.5 Å². The van der Waals surface area contributed by atoms with Crippen molar-refractivity contribution in [2.24, 2.45) is 10.9 Å². The van der Waals surface area contributed by atoms with E-state index < -0.39 is 0 Å². The molecule has 1 aromatic carbocycles. The molecule has 0 saturated heterocycles. The molecule has 0 bridgehead atoms. The number of nitrogens with two attached hydrogens (primary N) is 1. The highest BCUT2D eigenvalue weighted by Crippen LogP contribution is 2.39. The number of nitrogens with zero attached hydrogens (tertiary/aromatic N) is 1. The minimum atomic E-state index is -0.0234. The molecule has 2 heterocycles. The second kappa shape index (κ2) is 5.38. The first-order valence-electron chi connectivity index (χ1n) is 6.30. The average Bonchev–Trinajstić information content (AvgIpc) is 2.77. The van der Waals surface area contributed by atoms with Crippen molar-refractivity contribution in [1.82, 2.24) is 0 Å². The first kappa shape index (κ1) is 12.7. The van der Waals surface area contributed by atoms with Crippen LogP contribution in [0.15, 0.2) is 21.8 Å². The molecule has 6 heteroatoms. The summed E-state index contributed by atoms with van der Waals surface area (Å²) in [6, 6.07) is 3.93. The molecule has 0 fully saturated rings. The number of hydrogen-bond donors (Lipinski definition) is 1. The van der Waals surface area contributed by atoms with Crippen molar-refractivity contribution in [3.8, 4) is 11.5 Å². The monoisotopic (exact) mass is 326 g/mol. The van der Waals surface area contributed by atoms with E-state index in [2.05, 4.69) is 21.1 Å². The SMILES string of the molecule is NCC1CC(c2cc(Br)c3c(c2)OCCCO3)=NO1. The molecule has 0 radical (unpaired) electrons. The number of oxime groups is 1. The maximum atomic E-state index is 5.71. The van der Waals surface area contributed by atoms with Crippen molar-refractivity contribution < 1.29 is 14.3 Å². The quantitative estimate of drug-likeness (QED) is 0.903. The Kier molecular flexibility index (Phi) is 3.61. The van der Waals surface area contributed by atoms with E-state index in [9.17, 15) is 0 Å². The highest BCUT2D eigenvalue weighted by molar-refractivity contribution is 9.10. The molecule has 3 rings (SSSR count). The topological polar surface area (TPSA) is 66.1 Å². The van der Waals surface area contributed by atoms with Crippen LogP contribution in [0.3, 0.4) is 0 Å². The number of benzene rings is 1. The number of fused-ring (bicyclic) bond motifs is 1. The average molecular weight is 327 g/mol. The van der Waals surface area contributed by atoms with Gasteiger partial charge in [-0.25, -0.2) is 0 Å². The van der Waals surface area contributed by atoms with Gasteiger partial charge in [0.1, 0.15) is 6.10 Å². The van der Waals surface area contributed by atoms with Gasteiger partial charge in [0.05, 0.1) is 23.4 Å². The van der Waals surface area contributed by atoms with Gasteiger partial charge in [-0.15, -0.1) is 0 Å². The van der Waals surface area contributed by atoms with E-state index in [1.54, 1.807) is 0 Å². The van der Waals surface area contributed by atoms with Crippen LogP contribution in [0.4, 0.5) is 0 Å². The molecule has 2 aliphatic rings. The third-order valence-electron chi connectivity index (χ3n) is 3.13. The highest BCUT2D eigenvalue weighted by atomic mass is 79.9. The number of hydrogen-bond acceptors (Lipinski definition) is 5. The standard InChI is InChI=1S/C13H15BrN2O3/c14-10-4-8(11-6-9(7-15)19-16-11)5-12-13(10)18-3-1-2-17-12/h4-5,9H,1-3,6-7,15H2. The first-order valence-corrected chi connectivity index (χ1v) is 7.09. The van der Waals surface area contributed by atoms with Gasteiger partial charge in [-0.1, -0.05) is 5.16 Å². The molecule has 1 unspecified atom stereocenters. The molecule has 0 spiro atoms. The van der Waals surface area contributed by atoms with Gasteiger partial charge in [0.2, 0.25) is 0 Å². The number of rotatable bonds is 2. The van der Waals surface area contributed by atoms with Crippen LogP contribution in [-0.2, 0) is 4.84 Å². The lowest BCUT2D eigenvalue weighted by Gasteiger charge is -2.11. The van der Waals surface area contributed by atoms with Crippen molar-refractivity contribution in [3.63, 3.8) is 0 Å². The smallest absolute Gasteiger partial charge is 0.175 e. The third kappa shape index (κ3) is 2.55. The third-order valence-corrected chi connectivity index (χ3v) is 3.72. The predicted octanol–water partition coefficient (Wildman–Crippen LogP) is 2.06. The Morgan fingerprint density at radius 1 is 1.32 bits per heavy atom. The van der Waals surface area contributed by atoms with Crippen LogP contribution in [0.2, 0.25) is 0 Å². The zero-order valence-electron chi connectivity index (χ0n) is 10.4. The molecule has 2 N–H and O–H groups in total. The second-order valence-corrected chi connectivity index (χ2v) is 5.40. The molecule has 19 heavy (non-hydrogen) atoms. The molecule has 1 aromatic rings. The Hall–Kier alpha value is -1.27. The Labute approximate surface area is 119 Å². The second-order valence-electron chi connectivity index (χ2n) is 4.54. The Morgan fingerprint density at radius 3 is 2.95 bits per heavy atom. The van der Waals surface area contributed by atoms with Gasteiger partial charge in [-0.05, 0) is 28.1 Å². The van der Waals surface area contributed by atoms with Crippen molar-refractivity contribution in [3.05, 3.63) is 22.2 Å². The van der Waals surface area contributed by atoms with Crippen molar-refractivity contribution in [2.45, 2.75) is 18.9 Å². The molecule has 0 saturated carbocycles. The molecule has 0 aliphatic carbocycles. The number of halogens is 1. The largest absolute Gasteiger partial charge is 0.489 e. The summed E-state index contributed by atoms with van der Waals surface area (Å²) in [5, 5.41) is 4.09. The van der Waals surface area contributed by atoms with Crippen LogP contribution in [0.25, 0.3) is 0 Å². The van der Waals surface area contributed by atoms with Crippen molar-refractivity contribution in [2.75, 3.05) is 19.8 Å². The maximum absolute atomic E-state index is 5.71. The lowest BCUT2D eigenvalue weighted by atomic mass is 10.0. The van der Waals surface area contributed by atoms with Gasteiger partial charge in [-0.3, -0.25) is 0 Å². The van der Waals surface area contributed by atoms with Crippen LogP contribution < -0.4 is 15.2 Å². The zero-order chi connectivity index (χ0) is 13.2. The number of ether oxygens (including phenoxy) is 2. The van der Waals surface area contributed by atoms with Crippen LogP contribution in [0, 0.1) is 0 Å². The summed E-state index contributed by atoms with van der Waals surface area (Å²) in [6.07, 6.45) is 1.59. The van der Waals surface area contributed by atoms with E-state index in [1.165, 1.54) is 0 Å². The van der Waals surface area contributed by atoms with Crippen LogP contribution in [-0.4, -0.2) is 31.6 Å². The van der Waals surface area contributed by atoms with E-state index >= 15 is 0 Å². The van der Waals surface area contributed by atoms with Gasteiger partial charge in [-0.2, -0.15) is 0 Å². The maximum Gasteiger partial charge on any atom is 0.175 e. The normalized spacial score (nSPS) is 21.6. The summed E-state index contributed by atoms with van der Waals surface area (Å²) in [5.74, 6) is 1.51. The van der Waals surface area contributed by atoms with Gasteiger partial charge in [0.25, 0.3) is 0 Å². The minimum absolute atomic E-state index is 0.0234. The van der Waals surface area contributed by atoms with Crippen molar-refractivity contribution >= 4 is 21.6 Å². The Balaban J connectivity index is 1.92. The molecule has 0 aromatic heterocycles. The molecule has 102 valence electrons. The van der Waals surface area contributed by atoms with Gasteiger partial charge < -0.3 is 20.0 Å². The van der Waals surface area contributed by atoms with E-state index in [4.69, 9.17) is 20.0 Å². The zero-order valence-corrected chi connectivity index (χ0v) is 12.0. The van der Waals surface area contributed by atoms with E-state index in [1.807, 2.05) is 12.1 Å². The molecule has 5 nitrogen and oxygen atoms in total. The Bertz CT molecular complexity index is 519. The molecule has 0 amide bonds. The summed E-state index contributed by atoms with van der Waals surface area (Å²) in [5.41, 5.74) is 7.46. The fourth-order valence-corrected chi connectivity index (χ4v) is 2.68. The first-order chi connectivity index (χ1) is 9.28. The lowest BCUT2D eigenvalue weighted by Crippen LogP contribution is -2.20. The summed E-state index contributed by atoms with van der Waals surface area (Å²) >= 11 is 3.52. The fraction of sp³-hybridized carbons (Fsp3) is 0.462. The molecule has 1 atom stereocenters. The van der Waals surface area contributed by atoms with Crippen LogP contribution >= 0.6 is 15.9 Å². The predicted molar refractivity (Wildman–Crippen MR) is 74.8 cm³/mol. The summed E-state index contributed by atoms with van der Waals surface area (Å²) in [4.78, 5) is 5.25. The van der Waals surface area contributed by atoms with Crippen LogP contribution in [0.5, 0.6) is 11.5 Å². The summed E-state index contributed by atoms with van der Waals surface area (Å²) < 4.78 is 12.3. The van der Waals surface area contributed by atoms with Crippen molar-refractivity contribution in [1.29, 1.82) is 0 Å². The van der Waals surface area contributed by atoms with E-state index in [0.717, 1.165) is 40.1 Å². The minimum Gasteiger partial charge on any atom is -0.489 e. The highest BCUT2D eigenvalue weighted by Gasteiger charge is 2.23. The molecular weight excluding hydrogens is 312 g/mol. The molecular formula is C13H15BrN2O3. The lowest BCUT2D eigenvalue weighted by molar-refractivity contribution is 0.0918. The van der Waals surface area contributed by atoms with Gasteiger partial charge in [0, 0.05) is 24.9 Å². The van der Waals surface area contributed by atoms with E-state index in [-0.39, 0.29) is 6.10 Å². The van der Waals surface area contributed by atoms with Gasteiger partial charge >= 0.3 is 0 Å².